The third-order valence-electron chi connectivity index (χ3n) is 2.94. The average Bonchev–Trinajstić information content (AvgIpc) is 3.06. The van der Waals surface area contributed by atoms with Crippen molar-refractivity contribution in [2.24, 2.45) is 7.05 Å². The maximum absolute atomic E-state index is 11.1. The van der Waals surface area contributed by atoms with E-state index in [1.54, 1.807) is 11.6 Å². The fourth-order valence-corrected chi connectivity index (χ4v) is 1.96. The highest BCUT2D eigenvalue weighted by molar-refractivity contribution is 5.68. The number of hydrogen-bond donors (Lipinski definition) is 5. The molecular weight excluding hydrogens is 308 g/mol. The van der Waals surface area contributed by atoms with Gasteiger partial charge in [0.05, 0.1) is 12.7 Å². The number of rotatable bonds is 0. The fraction of sp³-hybridized carbons (Fsp3) is 0.0909. The van der Waals surface area contributed by atoms with Gasteiger partial charge in [-0.15, -0.1) is 0 Å². The minimum atomic E-state index is -0.547. The van der Waals surface area contributed by atoms with E-state index in [1.807, 2.05) is 0 Å². The molecule has 0 aliphatic carbocycles. The highest BCUT2D eigenvalue weighted by atomic mass is 16.2. The van der Waals surface area contributed by atoms with Gasteiger partial charge in [-0.2, -0.15) is 0 Å². The SMILES string of the molecule is Cn1cnc2[nH]c(=O)[nH]c(=O)c21.O=c1[nH]c(=O)c2[nH]cnc2[nH]1. The molecule has 118 valence electrons. The third-order valence-corrected chi connectivity index (χ3v) is 2.94. The number of aromatic nitrogens is 8. The van der Waals surface area contributed by atoms with Crippen LogP contribution in [-0.2, 0) is 7.05 Å². The molecule has 0 amide bonds. The predicted molar refractivity (Wildman–Crippen MR) is 79.3 cm³/mol. The summed E-state index contributed by atoms with van der Waals surface area (Å²) in [6, 6.07) is 0. The number of H-pyrrole nitrogens is 5. The van der Waals surface area contributed by atoms with Crippen LogP contribution in [0.1, 0.15) is 0 Å². The second-order valence-corrected chi connectivity index (χ2v) is 4.50. The van der Waals surface area contributed by atoms with Crippen LogP contribution in [0.25, 0.3) is 22.3 Å². The average molecular weight is 318 g/mol. The number of imidazole rings is 2. The van der Waals surface area contributed by atoms with E-state index >= 15 is 0 Å². The normalized spacial score (nSPS) is 10.7. The quantitative estimate of drug-likeness (QED) is 0.247. The second kappa shape index (κ2) is 5.25. The Kier molecular flexibility index (Phi) is 3.25. The maximum atomic E-state index is 11.1. The van der Waals surface area contributed by atoms with Crippen LogP contribution < -0.4 is 22.5 Å². The Morgan fingerprint density at radius 2 is 1.52 bits per heavy atom. The van der Waals surface area contributed by atoms with Gasteiger partial charge in [-0.25, -0.2) is 19.6 Å². The first-order valence-electron chi connectivity index (χ1n) is 6.25. The standard InChI is InChI=1S/C6H6N4O2.C5H4N4O2/c1-10-2-7-4-3(10)5(11)9-6(12)8-4;10-4-2-3(7-1-6-2)8-5(11)9-4/h2H,1H3,(H2,8,9,11,12);1H,(H3,6,7,8,9,10,11). The highest BCUT2D eigenvalue weighted by Crippen LogP contribution is 1.97. The van der Waals surface area contributed by atoms with Crippen LogP contribution in [0.3, 0.4) is 0 Å². The summed E-state index contributed by atoms with van der Waals surface area (Å²) in [4.78, 5) is 62.5. The molecule has 4 heterocycles. The van der Waals surface area contributed by atoms with E-state index in [-0.39, 0.29) is 11.2 Å². The summed E-state index contributed by atoms with van der Waals surface area (Å²) in [5, 5.41) is 0. The van der Waals surface area contributed by atoms with Crippen molar-refractivity contribution in [3.05, 3.63) is 54.3 Å². The zero-order chi connectivity index (χ0) is 16.6. The lowest BCUT2D eigenvalue weighted by Gasteiger charge is -1.89. The van der Waals surface area contributed by atoms with Gasteiger partial charge in [0.2, 0.25) is 0 Å². The van der Waals surface area contributed by atoms with Crippen molar-refractivity contribution in [3.63, 3.8) is 0 Å². The maximum Gasteiger partial charge on any atom is 0.327 e. The Labute approximate surface area is 124 Å². The van der Waals surface area contributed by atoms with Crippen LogP contribution in [0.15, 0.2) is 31.8 Å². The van der Waals surface area contributed by atoms with Gasteiger partial charge in [-0.05, 0) is 0 Å². The van der Waals surface area contributed by atoms with E-state index in [9.17, 15) is 19.2 Å². The lowest BCUT2D eigenvalue weighted by Crippen LogP contribution is -2.22. The summed E-state index contributed by atoms with van der Waals surface area (Å²) in [5.41, 5.74) is -0.722. The smallest absolute Gasteiger partial charge is 0.327 e. The molecule has 23 heavy (non-hydrogen) atoms. The van der Waals surface area contributed by atoms with Gasteiger partial charge in [0.25, 0.3) is 11.1 Å². The van der Waals surface area contributed by atoms with E-state index in [0.29, 0.717) is 11.2 Å². The Hall–Kier alpha value is -3.70. The molecule has 0 aliphatic rings. The van der Waals surface area contributed by atoms with E-state index in [0.717, 1.165) is 0 Å². The molecule has 0 unspecified atom stereocenters. The number of nitrogens with one attached hydrogen (secondary N) is 5. The van der Waals surface area contributed by atoms with Gasteiger partial charge in [-0.3, -0.25) is 29.5 Å². The minimum absolute atomic E-state index is 0.277. The minimum Gasteiger partial charge on any atom is -0.339 e. The number of aryl methyl sites for hydroxylation is 1. The lowest BCUT2D eigenvalue weighted by atomic mass is 10.5. The molecule has 12 nitrogen and oxygen atoms in total. The summed E-state index contributed by atoms with van der Waals surface area (Å²) in [6.07, 6.45) is 2.81. The molecule has 5 N–H and O–H groups in total. The number of hydrogen-bond acceptors (Lipinski definition) is 6. The molecule has 0 bridgehead atoms. The molecular formula is C11H10N8O4. The van der Waals surface area contributed by atoms with Gasteiger partial charge >= 0.3 is 11.4 Å². The first-order valence-corrected chi connectivity index (χ1v) is 6.25. The summed E-state index contributed by atoms with van der Waals surface area (Å²) in [6.45, 7) is 0. The molecule has 0 saturated carbocycles. The third kappa shape index (κ3) is 2.59. The number of fused-ring (bicyclic) bond motifs is 2. The molecule has 4 aromatic heterocycles. The van der Waals surface area contributed by atoms with Crippen LogP contribution in [0.4, 0.5) is 0 Å². The van der Waals surface area contributed by atoms with Crippen molar-refractivity contribution in [1.29, 1.82) is 0 Å². The van der Waals surface area contributed by atoms with Gasteiger partial charge in [-0.1, -0.05) is 0 Å². The summed E-state index contributed by atoms with van der Waals surface area (Å²) < 4.78 is 1.55. The lowest BCUT2D eigenvalue weighted by molar-refractivity contribution is 0.935. The Morgan fingerprint density at radius 1 is 0.870 bits per heavy atom. The Morgan fingerprint density at radius 3 is 2.26 bits per heavy atom. The fourth-order valence-electron chi connectivity index (χ4n) is 1.96. The summed E-state index contributed by atoms with van der Waals surface area (Å²) >= 11 is 0. The predicted octanol–water partition coefficient (Wildman–Crippen LogP) is -2.11. The molecule has 4 rings (SSSR count). The zero-order valence-electron chi connectivity index (χ0n) is 11.6. The van der Waals surface area contributed by atoms with Crippen LogP contribution >= 0.6 is 0 Å². The largest absolute Gasteiger partial charge is 0.339 e. The van der Waals surface area contributed by atoms with Gasteiger partial charge in [0, 0.05) is 7.05 Å². The first kappa shape index (κ1) is 14.2. The molecule has 0 radical (unpaired) electrons. The van der Waals surface area contributed by atoms with E-state index in [2.05, 4.69) is 34.9 Å². The van der Waals surface area contributed by atoms with Crippen molar-refractivity contribution in [2.75, 3.05) is 0 Å². The van der Waals surface area contributed by atoms with Gasteiger partial charge < -0.3 is 9.55 Å². The van der Waals surface area contributed by atoms with Crippen molar-refractivity contribution >= 4 is 22.3 Å². The molecule has 0 saturated heterocycles. The van der Waals surface area contributed by atoms with Crippen LogP contribution in [0.2, 0.25) is 0 Å². The van der Waals surface area contributed by atoms with Gasteiger partial charge in [0.1, 0.15) is 5.52 Å². The van der Waals surface area contributed by atoms with Crippen molar-refractivity contribution in [2.45, 2.75) is 0 Å². The number of aromatic amines is 5. The zero-order valence-corrected chi connectivity index (χ0v) is 11.6. The van der Waals surface area contributed by atoms with E-state index < -0.39 is 22.5 Å². The van der Waals surface area contributed by atoms with Crippen molar-refractivity contribution in [1.82, 2.24) is 39.5 Å². The summed E-state index contributed by atoms with van der Waals surface area (Å²) in [5.74, 6) is 0. The topological polar surface area (TPSA) is 178 Å². The molecule has 4 aromatic rings. The van der Waals surface area contributed by atoms with Crippen molar-refractivity contribution in [3.8, 4) is 0 Å². The molecule has 0 atom stereocenters. The van der Waals surface area contributed by atoms with Crippen LogP contribution in [0.5, 0.6) is 0 Å². The molecule has 0 aliphatic heterocycles. The molecule has 0 aromatic carbocycles. The first-order chi connectivity index (χ1) is 11.0. The Balaban J connectivity index is 0.000000136. The Bertz CT molecular complexity index is 1220. The van der Waals surface area contributed by atoms with Gasteiger partial charge in [0.15, 0.2) is 16.8 Å². The summed E-state index contributed by atoms with van der Waals surface area (Å²) in [7, 11) is 1.68. The van der Waals surface area contributed by atoms with Crippen LogP contribution in [-0.4, -0.2) is 39.5 Å². The molecule has 12 heteroatoms. The number of nitrogens with zero attached hydrogens (tertiary/aromatic N) is 3. The van der Waals surface area contributed by atoms with Crippen molar-refractivity contribution < 1.29 is 0 Å². The molecule has 0 spiro atoms. The highest BCUT2D eigenvalue weighted by Gasteiger charge is 2.04. The van der Waals surface area contributed by atoms with Crippen LogP contribution in [0, 0.1) is 0 Å². The van der Waals surface area contributed by atoms with E-state index in [1.165, 1.54) is 12.7 Å². The molecule has 0 fully saturated rings. The second-order valence-electron chi connectivity index (χ2n) is 4.50. The monoisotopic (exact) mass is 318 g/mol. The van der Waals surface area contributed by atoms with E-state index in [4.69, 9.17) is 0 Å².